The Kier molecular flexibility index (Phi) is 9.42. The van der Waals surface area contributed by atoms with Crippen LogP contribution < -0.4 is 19.5 Å². The van der Waals surface area contributed by atoms with Crippen molar-refractivity contribution < 1.29 is 29.2 Å². The van der Waals surface area contributed by atoms with Gasteiger partial charge in [0.25, 0.3) is 0 Å². The molecule has 0 saturated carbocycles. The quantitative estimate of drug-likeness (QED) is 0.194. The summed E-state index contributed by atoms with van der Waals surface area (Å²) in [5, 5.41) is 31.1. The van der Waals surface area contributed by atoms with E-state index in [2.05, 4.69) is 34.6 Å². The fraction of sp³-hybridized carbons (Fsp3) is 0.242. The van der Waals surface area contributed by atoms with Gasteiger partial charge in [-0.3, -0.25) is 15.1 Å². The molecular weight excluding hydrogens is 570 g/mol. The lowest BCUT2D eigenvalue weighted by Gasteiger charge is -2.20. The minimum atomic E-state index is -1.18. The molecule has 1 aliphatic rings. The average Bonchev–Trinajstić information content (AvgIpc) is 3.44. The number of hydrogen-bond donors (Lipinski definition) is 3. The highest BCUT2D eigenvalue weighted by Crippen LogP contribution is 2.43. The maximum atomic E-state index is 11.4. The number of aliphatic hydroxyl groups excluding tert-OH is 1. The maximum Gasteiger partial charge on any atom is 0.323 e. The third kappa shape index (κ3) is 6.89. The minimum Gasteiger partial charge on any atom is -0.497 e. The van der Waals surface area contributed by atoms with E-state index in [1.165, 1.54) is 11.8 Å². The first kappa shape index (κ1) is 29.9. The number of fused-ring (bicyclic) bond motifs is 1. The summed E-state index contributed by atoms with van der Waals surface area (Å²) in [6, 6.07) is 20.1. The summed E-state index contributed by atoms with van der Waals surface area (Å²) in [6.07, 6.45) is 4.42. The van der Waals surface area contributed by atoms with Gasteiger partial charge in [-0.2, -0.15) is 5.26 Å². The number of benzene rings is 3. The molecule has 3 aromatic carbocycles. The standard InChI is InChI=1S/C33H30ClN3O6/c1-41-24-5-2-4-22(11-24)25-6-3-7-27-26(25)8-9-30(27)43-32-13-31(42-19-21-10-20(14-35)15-36-16-21)23(12-28(32)34)17-37-29(18-38)33(39)40/h2-7,10-13,15-16,29-30,37-38H,8-9,17-19H2,1H3,(H,39,40)/t29?,30-/m0/s1. The van der Waals surface area contributed by atoms with Gasteiger partial charge in [0.2, 0.25) is 0 Å². The Hall–Kier alpha value is -4.62. The molecular formula is C33H30ClN3O6. The minimum absolute atomic E-state index is 0.0690. The third-order valence-corrected chi connectivity index (χ3v) is 7.61. The first-order valence-corrected chi connectivity index (χ1v) is 14.1. The number of nitriles is 1. The van der Waals surface area contributed by atoms with Gasteiger partial charge in [0.05, 0.1) is 24.3 Å². The molecule has 3 N–H and O–H groups in total. The van der Waals surface area contributed by atoms with E-state index >= 15 is 0 Å². The largest absolute Gasteiger partial charge is 0.497 e. The predicted octanol–water partition coefficient (Wildman–Crippen LogP) is 5.46. The molecule has 0 radical (unpaired) electrons. The van der Waals surface area contributed by atoms with Crippen molar-refractivity contribution in [3.63, 3.8) is 0 Å². The van der Waals surface area contributed by atoms with Crippen molar-refractivity contribution in [2.75, 3.05) is 13.7 Å². The molecule has 0 aliphatic heterocycles. The maximum absolute atomic E-state index is 11.4. The van der Waals surface area contributed by atoms with E-state index < -0.39 is 18.6 Å². The number of nitrogens with one attached hydrogen (secondary N) is 1. The van der Waals surface area contributed by atoms with Crippen LogP contribution in [0.3, 0.4) is 0 Å². The van der Waals surface area contributed by atoms with Crippen molar-refractivity contribution in [1.82, 2.24) is 10.3 Å². The zero-order valence-electron chi connectivity index (χ0n) is 23.4. The van der Waals surface area contributed by atoms with Crippen LogP contribution >= 0.6 is 11.6 Å². The van der Waals surface area contributed by atoms with Crippen LogP contribution in [0.4, 0.5) is 0 Å². The Bertz CT molecular complexity index is 1670. The molecule has 220 valence electrons. The lowest BCUT2D eigenvalue weighted by molar-refractivity contribution is -0.140. The van der Waals surface area contributed by atoms with Crippen molar-refractivity contribution in [1.29, 1.82) is 5.26 Å². The number of aliphatic carboxylic acids is 1. The number of carboxylic acid groups (broad SMARTS) is 1. The van der Waals surface area contributed by atoms with Gasteiger partial charge in [0.15, 0.2) is 0 Å². The lowest BCUT2D eigenvalue weighted by atomic mass is 9.96. The molecule has 1 aliphatic carbocycles. The average molecular weight is 600 g/mol. The first-order valence-electron chi connectivity index (χ1n) is 13.7. The van der Waals surface area contributed by atoms with Crippen molar-refractivity contribution in [2.24, 2.45) is 0 Å². The second kappa shape index (κ2) is 13.6. The number of pyridine rings is 1. The van der Waals surface area contributed by atoms with Gasteiger partial charge < -0.3 is 24.4 Å². The SMILES string of the molecule is COc1cccc(-c2cccc3c2CC[C@@H]3Oc2cc(OCc3cncc(C#N)c3)c(CNC(CO)C(=O)O)cc2Cl)c1. The van der Waals surface area contributed by atoms with Gasteiger partial charge >= 0.3 is 5.97 Å². The van der Waals surface area contributed by atoms with Crippen molar-refractivity contribution in [3.05, 3.63) is 106 Å². The number of nitrogens with zero attached hydrogens (tertiary/aromatic N) is 2. The third-order valence-electron chi connectivity index (χ3n) is 7.32. The number of carboxylic acids is 1. The number of ether oxygens (including phenoxy) is 3. The first-order chi connectivity index (χ1) is 20.9. The molecule has 4 aromatic rings. The topological polar surface area (TPSA) is 134 Å². The van der Waals surface area contributed by atoms with Crippen LogP contribution in [0, 0.1) is 11.3 Å². The van der Waals surface area contributed by atoms with E-state index in [1.54, 1.807) is 31.5 Å². The second-order valence-electron chi connectivity index (χ2n) is 10.1. The summed E-state index contributed by atoms with van der Waals surface area (Å²) < 4.78 is 18.0. The molecule has 0 amide bonds. The molecule has 2 atom stereocenters. The lowest BCUT2D eigenvalue weighted by Crippen LogP contribution is -2.39. The van der Waals surface area contributed by atoms with Gasteiger partial charge in [-0.05, 0) is 59.4 Å². The van der Waals surface area contributed by atoms with E-state index in [-0.39, 0.29) is 19.3 Å². The zero-order chi connectivity index (χ0) is 30.3. The molecule has 0 saturated heterocycles. The van der Waals surface area contributed by atoms with E-state index in [4.69, 9.17) is 25.8 Å². The highest BCUT2D eigenvalue weighted by molar-refractivity contribution is 6.32. The van der Waals surface area contributed by atoms with Gasteiger partial charge in [0, 0.05) is 36.1 Å². The van der Waals surface area contributed by atoms with Gasteiger partial charge in [-0.25, -0.2) is 0 Å². The van der Waals surface area contributed by atoms with Crippen LogP contribution in [0.1, 0.15) is 40.3 Å². The molecule has 0 fully saturated rings. The number of carbonyl (C=O) groups is 1. The Balaban J connectivity index is 1.42. The smallest absolute Gasteiger partial charge is 0.323 e. The van der Waals surface area contributed by atoms with E-state index in [9.17, 15) is 20.3 Å². The Morgan fingerprint density at radius 2 is 2.00 bits per heavy atom. The molecule has 1 unspecified atom stereocenters. The summed E-state index contributed by atoms with van der Waals surface area (Å²) in [4.78, 5) is 15.5. The van der Waals surface area contributed by atoms with Crippen LogP contribution in [-0.2, 0) is 24.4 Å². The van der Waals surface area contributed by atoms with Crippen LogP contribution in [-0.4, -0.2) is 40.9 Å². The number of rotatable bonds is 12. The second-order valence-corrected chi connectivity index (χ2v) is 10.5. The van der Waals surface area contributed by atoms with Crippen molar-refractivity contribution in [3.8, 4) is 34.4 Å². The normalized spacial score (nSPS) is 14.4. The Morgan fingerprint density at radius 1 is 1.16 bits per heavy atom. The van der Waals surface area contributed by atoms with E-state index in [0.717, 1.165) is 35.3 Å². The summed E-state index contributed by atoms with van der Waals surface area (Å²) >= 11 is 6.70. The highest BCUT2D eigenvalue weighted by Gasteiger charge is 2.28. The van der Waals surface area contributed by atoms with Gasteiger partial charge in [-0.15, -0.1) is 0 Å². The van der Waals surface area contributed by atoms with Crippen LogP contribution in [0.2, 0.25) is 5.02 Å². The molecule has 5 rings (SSSR count). The summed E-state index contributed by atoms with van der Waals surface area (Å²) in [5.74, 6) is 0.452. The fourth-order valence-electron chi connectivity index (χ4n) is 5.14. The monoisotopic (exact) mass is 599 g/mol. The Labute approximate surface area is 254 Å². The molecule has 43 heavy (non-hydrogen) atoms. The van der Waals surface area contributed by atoms with Crippen LogP contribution in [0.5, 0.6) is 17.2 Å². The van der Waals surface area contributed by atoms with E-state index in [0.29, 0.717) is 33.2 Å². The Morgan fingerprint density at radius 3 is 2.77 bits per heavy atom. The van der Waals surface area contributed by atoms with Crippen molar-refractivity contribution >= 4 is 17.6 Å². The van der Waals surface area contributed by atoms with Crippen LogP contribution in [0.25, 0.3) is 11.1 Å². The molecule has 1 aromatic heterocycles. The van der Waals surface area contributed by atoms with Crippen molar-refractivity contribution in [2.45, 2.75) is 38.1 Å². The molecule has 1 heterocycles. The van der Waals surface area contributed by atoms with Crippen LogP contribution in [0.15, 0.2) is 73.1 Å². The van der Waals surface area contributed by atoms with Gasteiger partial charge in [-0.1, -0.05) is 41.9 Å². The fourth-order valence-corrected chi connectivity index (χ4v) is 5.37. The van der Waals surface area contributed by atoms with Gasteiger partial charge in [0.1, 0.15) is 42.1 Å². The number of halogens is 1. The summed E-state index contributed by atoms with van der Waals surface area (Å²) in [6.45, 7) is -0.402. The number of aromatic nitrogens is 1. The molecule has 0 bridgehead atoms. The van der Waals surface area contributed by atoms with E-state index in [1.807, 2.05) is 24.3 Å². The summed E-state index contributed by atoms with van der Waals surface area (Å²) in [7, 11) is 1.65. The molecule has 0 spiro atoms. The molecule has 9 nitrogen and oxygen atoms in total. The number of methoxy groups -OCH3 is 1. The zero-order valence-corrected chi connectivity index (χ0v) is 24.2. The highest BCUT2D eigenvalue weighted by atomic mass is 35.5. The predicted molar refractivity (Wildman–Crippen MR) is 160 cm³/mol. The number of aliphatic hydroxyl groups is 1. The number of hydrogen-bond acceptors (Lipinski definition) is 8. The summed E-state index contributed by atoms with van der Waals surface area (Å²) in [5.41, 5.74) is 6.16. The molecule has 10 heteroatoms.